The lowest BCUT2D eigenvalue weighted by Crippen LogP contribution is -2.38. The molecule has 2 aliphatic carbocycles. The van der Waals surface area contributed by atoms with Gasteiger partial charge in [0.2, 0.25) is 0 Å². The van der Waals surface area contributed by atoms with Crippen LogP contribution in [0.5, 0.6) is 0 Å². The van der Waals surface area contributed by atoms with Gasteiger partial charge in [0.25, 0.3) is 0 Å². The van der Waals surface area contributed by atoms with Crippen molar-refractivity contribution in [2.75, 3.05) is 13.2 Å². The number of ketones is 1. The van der Waals surface area contributed by atoms with Gasteiger partial charge in [0.05, 0.1) is 18.8 Å². The number of hydrogen-bond acceptors (Lipinski definition) is 3. The summed E-state index contributed by atoms with van der Waals surface area (Å²) in [4.78, 5) is 12.2. The lowest BCUT2D eigenvalue weighted by atomic mass is 9.63. The Morgan fingerprint density at radius 2 is 2.09 bits per heavy atom. The SMILES string of the molecule is C=C(COCC(O)(CC)CC)[C@H]1CC[C@H]2C(=O)CCC[C@]12C. The molecule has 2 saturated carbocycles. The standard InChI is InChI=1S/C19H32O3/c1-5-19(21,6-2)13-22-12-14(3)15-9-10-16-17(20)8-7-11-18(15,16)4/h15-16,21H,3,5-13H2,1-2,4H3/t15-,16+,18-/m1/s1. The summed E-state index contributed by atoms with van der Waals surface area (Å²) >= 11 is 0. The average molecular weight is 308 g/mol. The van der Waals surface area contributed by atoms with Gasteiger partial charge in [0, 0.05) is 12.3 Å². The van der Waals surface area contributed by atoms with Gasteiger partial charge in [-0.15, -0.1) is 0 Å². The van der Waals surface area contributed by atoms with Crippen LogP contribution in [-0.4, -0.2) is 29.7 Å². The van der Waals surface area contributed by atoms with Crippen molar-refractivity contribution in [1.82, 2.24) is 0 Å². The molecule has 0 heterocycles. The Bertz CT molecular complexity index is 424. The van der Waals surface area contributed by atoms with Crippen LogP contribution in [0.1, 0.15) is 65.7 Å². The predicted molar refractivity (Wildman–Crippen MR) is 88.7 cm³/mol. The molecule has 0 aromatic rings. The molecule has 0 unspecified atom stereocenters. The molecular weight excluding hydrogens is 276 g/mol. The minimum atomic E-state index is -0.719. The third-order valence-corrected chi connectivity index (χ3v) is 6.33. The van der Waals surface area contributed by atoms with Crippen LogP contribution in [0.15, 0.2) is 12.2 Å². The molecule has 0 aromatic carbocycles. The smallest absolute Gasteiger partial charge is 0.136 e. The minimum Gasteiger partial charge on any atom is -0.388 e. The maximum Gasteiger partial charge on any atom is 0.136 e. The van der Waals surface area contributed by atoms with Crippen LogP contribution in [0.4, 0.5) is 0 Å². The predicted octanol–water partition coefficient (Wildman–Crippen LogP) is 3.90. The van der Waals surface area contributed by atoms with Crippen molar-refractivity contribution < 1.29 is 14.6 Å². The zero-order chi connectivity index (χ0) is 16.4. The van der Waals surface area contributed by atoms with E-state index in [1.165, 1.54) is 0 Å². The molecule has 2 fully saturated rings. The summed E-state index contributed by atoms with van der Waals surface area (Å²) in [7, 11) is 0. The van der Waals surface area contributed by atoms with Gasteiger partial charge in [-0.3, -0.25) is 4.79 Å². The van der Waals surface area contributed by atoms with Gasteiger partial charge < -0.3 is 9.84 Å². The molecule has 0 aliphatic heterocycles. The van der Waals surface area contributed by atoms with Crippen molar-refractivity contribution in [2.24, 2.45) is 17.3 Å². The van der Waals surface area contributed by atoms with E-state index in [-0.39, 0.29) is 11.3 Å². The zero-order valence-electron chi connectivity index (χ0n) is 14.5. The van der Waals surface area contributed by atoms with Gasteiger partial charge in [-0.2, -0.15) is 0 Å². The second-order valence-corrected chi connectivity index (χ2v) is 7.59. The average Bonchev–Trinajstić information content (AvgIpc) is 2.85. The van der Waals surface area contributed by atoms with Crippen LogP contribution < -0.4 is 0 Å². The molecule has 0 amide bonds. The van der Waals surface area contributed by atoms with Crippen molar-refractivity contribution in [3.05, 3.63) is 12.2 Å². The van der Waals surface area contributed by atoms with Crippen molar-refractivity contribution in [3.8, 4) is 0 Å². The fourth-order valence-electron chi connectivity index (χ4n) is 4.53. The normalized spacial score (nSPS) is 32.1. The number of fused-ring (bicyclic) bond motifs is 1. The van der Waals surface area contributed by atoms with Gasteiger partial charge in [-0.1, -0.05) is 27.4 Å². The van der Waals surface area contributed by atoms with Gasteiger partial charge in [-0.25, -0.2) is 0 Å². The van der Waals surface area contributed by atoms with E-state index in [9.17, 15) is 9.90 Å². The number of carbonyl (C=O) groups excluding carboxylic acids is 1. The summed E-state index contributed by atoms with van der Waals surface area (Å²) in [5.41, 5.74) is 0.472. The van der Waals surface area contributed by atoms with Gasteiger partial charge in [0.15, 0.2) is 0 Å². The molecule has 0 bridgehead atoms. The summed E-state index contributed by atoms with van der Waals surface area (Å²) in [5.74, 6) is 1.07. The molecule has 1 N–H and O–H groups in total. The second kappa shape index (κ2) is 6.84. The lowest BCUT2D eigenvalue weighted by Gasteiger charge is -2.40. The molecule has 0 saturated heterocycles. The van der Waals surface area contributed by atoms with Gasteiger partial charge in [0.1, 0.15) is 5.78 Å². The summed E-state index contributed by atoms with van der Waals surface area (Å²) in [5, 5.41) is 10.3. The van der Waals surface area contributed by atoms with Crippen LogP contribution in [0, 0.1) is 17.3 Å². The van der Waals surface area contributed by atoms with Crippen molar-refractivity contribution in [2.45, 2.75) is 71.3 Å². The van der Waals surface area contributed by atoms with E-state index in [2.05, 4.69) is 13.5 Å². The molecule has 2 rings (SSSR count). The Hall–Kier alpha value is -0.670. The minimum absolute atomic E-state index is 0.0849. The van der Waals surface area contributed by atoms with Gasteiger partial charge in [-0.05, 0) is 55.4 Å². The van der Waals surface area contributed by atoms with E-state index in [1.54, 1.807) is 0 Å². The monoisotopic (exact) mass is 308 g/mol. The number of carbonyl (C=O) groups is 1. The fourth-order valence-corrected chi connectivity index (χ4v) is 4.53. The fraction of sp³-hybridized carbons (Fsp3) is 0.842. The van der Waals surface area contributed by atoms with Crippen LogP contribution in [0.2, 0.25) is 0 Å². The maximum atomic E-state index is 12.2. The molecular formula is C19H32O3. The number of rotatable bonds is 7. The van der Waals surface area contributed by atoms with E-state index >= 15 is 0 Å². The molecule has 0 spiro atoms. The number of aliphatic hydroxyl groups is 1. The first-order valence-corrected chi connectivity index (χ1v) is 8.87. The van der Waals surface area contributed by atoms with Crippen LogP contribution in [-0.2, 0) is 9.53 Å². The first-order valence-electron chi connectivity index (χ1n) is 8.87. The van der Waals surface area contributed by atoms with Crippen LogP contribution in [0.25, 0.3) is 0 Å². The molecule has 3 nitrogen and oxygen atoms in total. The zero-order valence-corrected chi connectivity index (χ0v) is 14.5. The number of ether oxygens (including phenoxy) is 1. The largest absolute Gasteiger partial charge is 0.388 e. The van der Waals surface area contributed by atoms with Crippen LogP contribution in [0.3, 0.4) is 0 Å². The maximum absolute atomic E-state index is 12.2. The molecule has 126 valence electrons. The third-order valence-electron chi connectivity index (χ3n) is 6.33. The Morgan fingerprint density at radius 3 is 2.73 bits per heavy atom. The molecule has 3 atom stereocenters. The lowest BCUT2D eigenvalue weighted by molar-refractivity contribution is -0.129. The highest BCUT2D eigenvalue weighted by Crippen LogP contribution is 2.56. The van der Waals surface area contributed by atoms with Gasteiger partial charge >= 0.3 is 0 Å². The van der Waals surface area contributed by atoms with Crippen molar-refractivity contribution in [3.63, 3.8) is 0 Å². The Balaban J connectivity index is 1.92. The summed E-state index contributed by atoms with van der Waals surface area (Å²) in [6, 6.07) is 0. The highest BCUT2D eigenvalue weighted by molar-refractivity contribution is 5.83. The third kappa shape index (κ3) is 3.30. The summed E-state index contributed by atoms with van der Waals surface area (Å²) in [6.07, 6.45) is 6.37. The first-order chi connectivity index (χ1) is 10.4. The molecule has 0 aromatic heterocycles. The molecule has 3 heteroatoms. The molecule has 2 aliphatic rings. The second-order valence-electron chi connectivity index (χ2n) is 7.59. The summed E-state index contributed by atoms with van der Waals surface area (Å²) < 4.78 is 5.77. The van der Waals surface area contributed by atoms with E-state index in [1.807, 2.05) is 13.8 Å². The van der Waals surface area contributed by atoms with E-state index in [0.29, 0.717) is 37.8 Å². The topological polar surface area (TPSA) is 46.5 Å². The van der Waals surface area contributed by atoms with Crippen molar-refractivity contribution >= 4 is 5.78 Å². The summed E-state index contributed by atoms with van der Waals surface area (Å²) in [6.45, 7) is 11.4. The van der Waals surface area contributed by atoms with Crippen molar-refractivity contribution in [1.29, 1.82) is 0 Å². The Morgan fingerprint density at radius 1 is 1.41 bits per heavy atom. The first kappa shape index (κ1) is 17.7. The number of hydrogen-bond donors (Lipinski definition) is 1. The molecule has 0 radical (unpaired) electrons. The van der Waals surface area contributed by atoms with E-state index in [4.69, 9.17) is 4.74 Å². The Labute approximate surface area is 135 Å². The highest BCUT2D eigenvalue weighted by Gasteiger charge is 2.51. The molecule has 22 heavy (non-hydrogen) atoms. The number of Topliss-reactive ketones (excluding diaryl/α,β-unsaturated/α-hetero) is 1. The quantitative estimate of drug-likeness (QED) is 0.726. The Kier molecular flexibility index (Phi) is 5.50. The highest BCUT2D eigenvalue weighted by atomic mass is 16.5. The van der Waals surface area contributed by atoms with E-state index < -0.39 is 5.60 Å². The van der Waals surface area contributed by atoms with Crippen LogP contribution >= 0.6 is 0 Å². The van der Waals surface area contributed by atoms with E-state index in [0.717, 1.165) is 37.7 Å².